The van der Waals surface area contributed by atoms with Gasteiger partial charge in [-0.05, 0) is 38.8 Å². The fourth-order valence-electron chi connectivity index (χ4n) is 2.93. The number of esters is 1. The quantitative estimate of drug-likeness (QED) is 0.652. The summed E-state index contributed by atoms with van der Waals surface area (Å²) in [6.07, 6.45) is 7.23. The Hall–Kier alpha value is -0.610. The minimum Gasteiger partial charge on any atom is -0.468 e. The lowest BCUT2D eigenvalue weighted by Gasteiger charge is -2.28. The molecule has 1 saturated carbocycles. The van der Waals surface area contributed by atoms with E-state index < -0.39 is 0 Å². The Labute approximate surface area is 117 Å². The summed E-state index contributed by atoms with van der Waals surface area (Å²) in [5.74, 6) is -0.129. The first kappa shape index (κ1) is 16.4. The molecule has 0 aromatic carbocycles. The van der Waals surface area contributed by atoms with Crippen molar-refractivity contribution in [1.29, 1.82) is 0 Å². The molecule has 0 aromatic heterocycles. The lowest BCUT2D eigenvalue weighted by molar-refractivity contribution is -0.143. The first-order valence-corrected chi connectivity index (χ1v) is 7.78. The van der Waals surface area contributed by atoms with E-state index in [4.69, 9.17) is 4.74 Å². The smallest absolute Gasteiger partial charge is 0.322 e. The van der Waals surface area contributed by atoms with Crippen molar-refractivity contribution in [3.05, 3.63) is 0 Å². The molecule has 1 fully saturated rings. The van der Waals surface area contributed by atoms with Gasteiger partial charge in [-0.3, -0.25) is 4.79 Å². The number of nitrogens with zero attached hydrogens (tertiary/aromatic N) is 1. The Bertz CT molecular complexity index is 253. The minimum atomic E-state index is -0.152. The maximum atomic E-state index is 11.7. The third-order valence-electron chi connectivity index (χ3n) is 4.08. The van der Waals surface area contributed by atoms with Crippen LogP contribution in [0.5, 0.6) is 0 Å². The van der Waals surface area contributed by atoms with Gasteiger partial charge in [-0.15, -0.1) is 0 Å². The Morgan fingerprint density at radius 2 is 2.05 bits per heavy atom. The Balaban J connectivity index is 2.41. The van der Waals surface area contributed by atoms with Gasteiger partial charge in [0.1, 0.15) is 6.04 Å². The summed E-state index contributed by atoms with van der Waals surface area (Å²) in [5.41, 5.74) is 0. The highest BCUT2D eigenvalue weighted by Gasteiger charge is 2.24. The van der Waals surface area contributed by atoms with E-state index in [1.54, 1.807) is 0 Å². The van der Waals surface area contributed by atoms with E-state index in [1.807, 2.05) is 0 Å². The van der Waals surface area contributed by atoms with Crippen LogP contribution in [0.2, 0.25) is 0 Å². The molecule has 1 aliphatic rings. The number of hydrogen-bond acceptors (Lipinski definition) is 4. The van der Waals surface area contributed by atoms with Gasteiger partial charge in [0.15, 0.2) is 0 Å². The maximum Gasteiger partial charge on any atom is 0.322 e. The molecular weight excluding hydrogens is 240 g/mol. The molecule has 1 N–H and O–H groups in total. The van der Waals surface area contributed by atoms with Gasteiger partial charge in [0, 0.05) is 12.6 Å². The normalized spacial score (nSPS) is 17.9. The molecule has 4 heteroatoms. The summed E-state index contributed by atoms with van der Waals surface area (Å²) in [7, 11) is 1.47. The van der Waals surface area contributed by atoms with Gasteiger partial charge in [-0.2, -0.15) is 0 Å². The second-order valence-corrected chi connectivity index (χ2v) is 5.39. The lowest BCUT2D eigenvalue weighted by Crippen LogP contribution is -2.42. The van der Waals surface area contributed by atoms with Crippen LogP contribution in [0.4, 0.5) is 0 Å². The van der Waals surface area contributed by atoms with Crippen molar-refractivity contribution in [3.63, 3.8) is 0 Å². The first-order chi connectivity index (χ1) is 9.22. The van der Waals surface area contributed by atoms with Crippen LogP contribution >= 0.6 is 0 Å². The zero-order chi connectivity index (χ0) is 14.1. The zero-order valence-electron chi connectivity index (χ0n) is 12.8. The number of ether oxygens (including phenoxy) is 1. The molecule has 0 heterocycles. The van der Waals surface area contributed by atoms with E-state index in [9.17, 15) is 4.79 Å². The van der Waals surface area contributed by atoms with E-state index in [2.05, 4.69) is 24.1 Å². The summed E-state index contributed by atoms with van der Waals surface area (Å²) < 4.78 is 4.88. The highest BCUT2D eigenvalue weighted by Crippen LogP contribution is 2.23. The van der Waals surface area contributed by atoms with E-state index in [0.29, 0.717) is 0 Å². The molecule has 0 radical (unpaired) electrons. The van der Waals surface area contributed by atoms with Gasteiger partial charge in [0.05, 0.1) is 7.11 Å². The number of nitrogens with one attached hydrogen (secondary N) is 1. The van der Waals surface area contributed by atoms with Crippen LogP contribution in [0.15, 0.2) is 0 Å². The number of methoxy groups -OCH3 is 1. The van der Waals surface area contributed by atoms with E-state index >= 15 is 0 Å². The maximum absolute atomic E-state index is 11.7. The molecule has 19 heavy (non-hydrogen) atoms. The van der Waals surface area contributed by atoms with E-state index in [0.717, 1.165) is 38.5 Å². The van der Waals surface area contributed by atoms with Gasteiger partial charge in [0.25, 0.3) is 0 Å². The Morgan fingerprint density at radius 3 is 2.58 bits per heavy atom. The third-order valence-corrected chi connectivity index (χ3v) is 4.08. The summed E-state index contributed by atoms with van der Waals surface area (Å²) in [4.78, 5) is 14.3. The average Bonchev–Trinajstić information content (AvgIpc) is 2.96. The highest BCUT2D eigenvalue weighted by atomic mass is 16.5. The molecule has 4 nitrogen and oxygen atoms in total. The lowest BCUT2D eigenvalue weighted by atomic mass is 10.1. The fraction of sp³-hybridized carbons (Fsp3) is 0.933. The van der Waals surface area contributed by atoms with Crippen molar-refractivity contribution in [3.8, 4) is 0 Å². The molecule has 0 aliphatic heterocycles. The van der Waals surface area contributed by atoms with Crippen LogP contribution in [-0.4, -0.2) is 49.7 Å². The summed E-state index contributed by atoms with van der Waals surface area (Å²) in [5, 5.41) is 3.29. The SMILES string of the molecule is CCCNC(CCN(CC)C1CCCC1)C(=O)OC. The van der Waals surface area contributed by atoms with Crippen LogP contribution in [0, 0.1) is 0 Å². The van der Waals surface area contributed by atoms with Gasteiger partial charge in [0.2, 0.25) is 0 Å². The molecule has 1 unspecified atom stereocenters. The molecule has 1 atom stereocenters. The standard InChI is InChI=1S/C15H30N2O2/c1-4-11-16-14(15(18)19-3)10-12-17(5-2)13-8-6-7-9-13/h13-14,16H,4-12H2,1-3H3. The molecule has 0 bridgehead atoms. The van der Waals surface area contributed by atoms with E-state index in [1.165, 1.54) is 32.8 Å². The first-order valence-electron chi connectivity index (χ1n) is 7.78. The fourth-order valence-corrected chi connectivity index (χ4v) is 2.93. The largest absolute Gasteiger partial charge is 0.468 e. The van der Waals surface area contributed by atoms with Crippen molar-refractivity contribution in [2.24, 2.45) is 0 Å². The Morgan fingerprint density at radius 1 is 1.37 bits per heavy atom. The van der Waals surface area contributed by atoms with Gasteiger partial charge in [-0.25, -0.2) is 0 Å². The molecule has 1 aliphatic carbocycles. The van der Waals surface area contributed by atoms with Crippen molar-refractivity contribution >= 4 is 5.97 Å². The third kappa shape index (κ3) is 5.49. The number of carbonyl (C=O) groups excluding carboxylic acids is 1. The second-order valence-electron chi connectivity index (χ2n) is 5.39. The van der Waals surface area contributed by atoms with Gasteiger partial charge < -0.3 is 15.0 Å². The van der Waals surface area contributed by atoms with E-state index in [-0.39, 0.29) is 12.0 Å². The van der Waals surface area contributed by atoms with Gasteiger partial charge >= 0.3 is 5.97 Å². The minimum absolute atomic E-state index is 0.129. The molecular formula is C15H30N2O2. The van der Waals surface area contributed by atoms with Gasteiger partial charge in [-0.1, -0.05) is 26.7 Å². The van der Waals surface area contributed by atoms with Crippen LogP contribution in [0.3, 0.4) is 0 Å². The molecule has 0 amide bonds. The van der Waals surface area contributed by atoms with Crippen LogP contribution in [-0.2, 0) is 9.53 Å². The summed E-state index contributed by atoms with van der Waals surface area (Å²) in [6, 6.07) is 0.579. The van der Waals surface area contributed by atoms with Crippen LogP contribution in [0.25, 0.3) is 0 Å². The topological polar surface area (TPSA) is 41.6 Å². The highest BCUT2D eigenvalue weighted by molar-refractivity contribution is 5.75. The van der Waals surface area contributed by atoms with Crippen molar-refractivity contribution in [2.45, 2.75) is 64.5 Å². The average molecular weight is 270 g/mol. The Kier molecular flexibility index (Phi) is 8.07. The molecule has 112 valence electrons. The summed E-state index contributed by atoms with van der Waals surface area (Å²) >= 11 is 0. The molecule has 0 spiro atoms. The number of rotatable bonds is 9. The predicted molar refractivity (Wildman–Crippen MR) is 78.2 cm³/mol. The second kappa shape index (κ2) is 9.32. The summed E-state index contributed by atoms with van der Waals surface area (Å²) in [6.45, 7) is 7.25. The predicted octanol–water partition coefficient (Wildman–Crippen LogP) is 2.18. The van der Waals surface area contributed by atoms with Crippen LogP contribution < -0.4 is 5.32 Å². The monoisotopic (exact) mass is 270 g/mol. The zero-order valence-corrected chi connectivity index (χ0v) is 12.8. The van der Waals surface area contributed by atoms with Crippen molar-refractivity contribution in [2.75, 3.05) is 26.7 Å². The molecule has 0 aromatic rings. The van der Waals surface area contributed by atoms with Crippen molar-refractivity contribution < 1.29 is 9.53 Å². The number of hydrogen-bond donors (Lipinski definition) is 1. The molecule has 0 saturated heterocycles. The number of carbonyl (C=O) groups is 1. The van der Waals surface area contributed by atoms with Crippen LogP contribution in [0.1, 0.15) is 52.4 Å². The molecule has 1 rings (SSSR count). The van der Waals surface area contributed by atoms with Crippen molar-refractivity contribution in [1.82, 2.24) is 10.2 Å².